The van der Waals surface area contributed by atoms with Crippen LogP contribution in [-0.2, 0) is 0 Å². The van der Waals surface area contributed by atoms with Gasteiger partial charge in [0.05, 0.1) is 0 Å². The smallest absolute Gasteiger partial charge is 0.00966 e. The van der Waals surface area contributed by atoms with Crippen molar-refractivity contribution in [1.29, 1.82) is 0 Å². The summed E-state index contributed by atoms with van der Waals surface area (Å²) in [7, 11) is 2.07. The summed E-state index contributed by atoms with van der Waals surface area (Å²) < 4.78 is 0. The topological polar surface area (TPSA) is 15.3 Å². The number of nitrogens with one attached hydrogen (secondary N) is 1. The summed E-state index contributed by atoms with van der Waals surface area (Å²) in [5, 5.41) is 3.36. The van der Waals surface area contributed by atoms with Crippen molar-refractivity contribution in [2.75, 3.05) is 26.7 Å². The van der Waals surface area contributed by atoms with Gasteiger partial charge < -0.3 is 5.32 Å². The molecule has 0 aromatic rings. The van der Waals surface area contributed by atoms with Crippen LogP contribution in [0.3, 0.4) is 0 Å². The molecule has 0 radical (unpaired) electrons. The summed E-state index contributed by atoms with van der Waals surface area (Å²) in [4.78, 5) is 2.75. The summed E-state index contributed by atoms with van der Waals surface area (Å²) in [6.45, 7) is 13.1. The van der Waals surface area contributed by atoms with E-state index in [0.717, 1.165) is 18.5 Å². The van der Waals surface area contributed by atoms with Crippen molar-refractivity contribution >= 4 is 0 Å². The van der Waals surface area contributed by atoms with Crippen LogP contribution in [-0.4, -0.2) is 37.6 Å². The average Bonchev–Trinajstić information content (AvgIpc) is 3.08. The van der Waals surface area contributed by atoms with Gasteiger partial charge in [0.2, 0.25) is 0 Å². The van der Waals surface area contributed by atoms with E-state index in [2.05, 4.69) is 45.0 Å². The largest absolute Gasteiger partial charge is 0.319 e. The van der Waals surface area contributed by atoms with E-state index < -0.39 is 0 Å². The Labute approximate surface area is 108 Å². The molecule has 0 aromatic carbocycles. The zero-order valence-corrected chi connectivity index (χ0v) is 12.6. The van der Waals surface area contributed by atoms with Gasteiger partial charge in [-0.05, 0) is 50.6 Å². The maximum absolute atomic E-state index is 3.36. The molecule has 1 atom stereocenters. The monoisotopic (exact) mass is 240 g/mol. The van der Waals surface area contributed by atoms with Crippen LogP contribution < -0.4 is 5.32 Å². The van der Waals surface area contributed by atoms with E-state index in [0.29, 0.717) is 5.41 Å². The highest BCUT2D eigenvalue weighted by atomic mass is 15.2. The molecule has 0 aromatic heterocycles. The van der Waals surface area contributed by atoms with E-state index in [4.69, 9.17) is 0 Å². The minimum Gasteiger partial charge on any atom is -0.319 e. The van der Waals surface area contributed by atoms with E-state index in [1.807, 2.05) is 0 Å². The highest BCUT2D eigenvalue weighted by Crippen LogP contribution is 2.31. The van der Waals surface area contributed by atoms with E-state index in [1.54, 1.807) is 0 Å². The molecular weight excluding hydrogens is 208 g/mol. The second-order valence-electron chi connectivity index (χ2n) is 6.58. The van der Waals surface area contributed by atoms with Gasteiger partial charge in [-0.15, -0.1) is 0 Å². The SMILES string of the molecule is CCC(C)(CNC)CN(CCC(C)C)C1CC1. The fraction of sp³-hybridized carbons (Fsp3) is 1.00. The van der Waals surface area contributed by atoms with Gasteiger partial charge in [0.1, 0.15) is 0 Å². The van der Waals surface area contributed by atoms with Crippen LogP contribution in [0, 0.1) is 11.3 Å². The minimum atomic E-state index is 0.439. The van der Waals surface area contributed by atoms with Crippen LogP contribution in [0.15, 0.2) is 0 Å². The van der Waals surface area contributed by atoms with Gasteiger partial charge in [-0.3, -0.25) is 4.90 Å². The lowest BCUT2D eigenvalue weighted by atomic mass is 9.86. The highest BCUT2D eigenvalue weighted by molar-refractivity contribution is 4.89. The first-order valence-electron chi connectivity index (χ1n) is 7.39. The first kappa shape index (κ1) is 15.0. The van der Waals surface area contributed by atoms with E-state index in [1.165, 1.54) is 38.8 Å². The third-order valence-corrected chi connectivity index (χ3v) is 4.10. The molecule has 0 heterocycles. The Morgan fingerprint density at radius 2 is 2.00 bits per heavy atom. The molecule has 0 aliphatic heterocycles. The maximum Gasteiger partial charge on any atom is 0.00966 e. The summed E-state index contributed by atoms with van der Waals surface area (Å²) in [5.41, 5.74) is 0.439. The number of hydrogen-bond donors (Lipinski definition) is 1. The lowest BCUT2D eigenvalue weighted by Gasteiger charge is -2.35. The normalized spacial score (nSPS) is 19.9. The zero-order valence-electron chi connectivity index (χ0n) is 12.6. The molecule has 0 spiro atoms. The van der Waals surface area contributed by atoms with Crippen molar-refractivity contribution in [3.8, 4) is 0 Å². The van der Waals surface area contributed by atoms with Gasteiger partial charge in [0, 0.05) is 19.1 Å². The van der Waals surface area contributed by atoms with Crippen LogP contribution in [0.4, 0.5) is 0 Å². The van der Waals surface area contributed by atoms with Crippen molar-refractivity contribution in [3.05, 3.63) is 0 Å². The number of nitrogens with zero attached hydrogens (tertiary/aromatic N) is 1. The third kappa shape index (κ3) is 5.39. The number of rotatable bonds is 9. The predicted octanol–water partition coefficient (Wildman–Crippen LogP) is 3.13. The Bertz CT molecular complexity index is 211. The van der Waals surface area contributed by atoms with Gasteiger partial charge >= 0.3 is 0 Å². The lowest BCUT2D eigenvalue weighted by Crippen LogP contribution is -2.42. The van der Waals surface area contributed by atoms with Gasteiger partial charge in [-0.2, -0.15) is 0 Å². The Morgan fingerprint density at radius 3 is 2.41 bits per heavy atom. The quantitative estimate of drug-likeness (QED) is 0.666. The molecule has 1 unspecified atom stereocenters. The molecule has 102 valence electrons. The van der Waals surface area contributed by atoms with Crippen LogP contribution in [0.2, 0.25) is 0 Å². The molecular formula is C15H32N2. The predicted molar refractivity (Wildman–Crippen MR) is 76.4 cm³/mol. The second kappa shape index (κ2) is 6.75. The van der Waals surface area contributed by atoms with Crippen LogP contribution in [0.25, 0.3) is 0 Å². The molecule has 1 aliphatic carbocycles. The van der Waals surface area contributed by atoms with Crippen molar-refractivity contribution in [3.63, 3.8) is 0 Å². The summed E-state index contributed by atoms with van der Waals surface area (Å²) in [6.07, 6.45) is 5.46. The van der Waals surface area contributed by atoms with Gasteiger partial charge in [-0.1, -0.05) is 27.7 Å². The van der Waals surface area contributed by atoms with Gasteiger partial charge in [0.15, 0.2) is 0 Å². The molecule has 0 amide bonds. The summed E-state index contributed by atoms with van der Waals surface area (Å²) in [6, 6.07) is 0.900. The second-order valence-corrected chi connectivity index (χ2v) is 6.58. The third-order valence-electron chi connectivity index (χ3n) is 4.10. The van der Waals surface area contributed by atoms with Crippen molar-refractivity contribution in [2.24, 2.45) is 11.3 Å². The zero-order chi connectivity index (χ0) is 12.9. The lowest BCUT2D eigenvalue weighted by molar-refractivity contribution is 0.144. The summed E-state index contributed by atoms with van der Waals surface area (Å²) in [5.74, 6) is 0.827. The molecule has 1 rings (SSSR count). The fourth-order valence-electron chi connectivity index (χ4n) is 2.46. The van der Waals surface area contributed by atoms with E-state index in [9.17, 15) is 0 Å². The Hall–Kier alpha value is -0.0800. The highest BCUT2D eigenvalue weighted by Gasteiger charge is 2.33. The average molecular weight is 240 g/mol. The Kier molecular flexibility index (Phi) is 5.94. The van der Waals surface area contributed by atoms with Gasteiger partial charge in [-0.25, -0.2) is 0 Å². The number of hydrogen-bond acceptors (Lipinski definition) is 2. The van der Waals surface area contributed by atoms with Crippen LogP contribution in [0.5, 0.6) is 0 Å². The molecule has 2 nitrogen and oxygen atoms in total. The molecule has 17 heavy (non-hydrogen) atoms. The first-order valence-corrected chi connectivity index (χ1v) is 7.39. The molecule has 2 heteroatoms. The molecule has 0 saturated heterocycles. The maximum atomic E-state index is 3.36. The Morgan fingerprint density at radius 1 is 1.35 bits per heavy atom. The fourth-order valence-corrected chi connectivity index (χ4v) is 2.46. The Balaban J connectivity index is 2.46. The first-order chi connectivity index (χ1) is 8.00. The van der Waals surface area contributed by atoms with E-state index in [-0.39, 0.29) is 0 Å². The molecule has 1 N–H and O–H groups in total. The standard InChI is InChI=1S/C15H32N2/c1-6-15(4,11-16-5)12-17(14-7-8-14)10-9-13(2)3/h13-14,16H,6-12H2,1-5H3. The van der Waals surface area contributed by atoms with Crippen molar-refractivity contribution < 1.29 is 0 Å². The van der Waals surface area contributed by atoms with Crippen LogP contribution in [0.1, 0.15) is 53.4 Å². The van der Waals surface area contributed by atoms with Crippen molar-refractivity contribution in [1.82, 2.24) is 10.2 Å². The molecule has 0 bridgehead atoms. The van der Waals surface area contributed by atoms with Crippen molar-refractivity contribution in [2.45, 2.75) is 59.4 Å². The summed E-state index contributed by atoms with van der Waals surface area (Å²) >= 11 is 0. The van der Waals surface area contributed by atoms with Crippen LogP contribution >= 0.6 is 0 Å². The van der Waals surface area contributed by atoms with E-state index >= 15 is 0 Å². The minimum absolute atomic E-state index is 0.439. The molecule has 1 saturated carbocycles. The molecule has 1 fully saturated rings. The van der Waals surface area contributed by atoms with Gasteiger partial charge in [0.25, 0.3) is 0 Å². The molecule has 1 aliphatic rings.